The number of rotatable bonds is 2. The molecule has 0 aliphatic rings. The topological polar surface area (TPSA) is 61.6 Å². The maximum Gasteiger partial charge on any atom is 0.224 e. The van der Waals surface area contributed by atoms with E-state index < -0.39 is 0 Å². The summed E-state index contributed by atoms with van der Waals surface area (Å²) in [4.78, 5) is 7.82. The summed E-state index contributed by atoms with van der Waals surface area (Å²) in [7, 11) is 0. The fraction of sp³-hybridized carbons (Fsp3) is 0.0833. The van der Waals surface area contributed by atoms with Gasteiger partial charge >= 0.3 is 0 Å². The van der Waals surface area contributed by atoms with Gasteiger partial charge in [-0.05, 0) is 42.3 Å². The van der Waals surface area contributed by atoms with Crippen LogP contribution in [-0.4, -0.2) is 9.97 Å². The highest BCUT2D eigenvalue weighted by atomic mass is 35.5. The molecule has 0 spiro atoms. The molecule has 1 heterocycles. The maximum absolute atomic E-state index is 8.84. The molecule has 0 aliphatic carbocycles. The number of nitriles is 1. The maximum atomic E-state index is 8.84. The molecule has 2 aromatic rings. The van der Waals surface area contributed by atoms with Crippen molar-refractivity contribution in [2.24, 2.45) is 0 Å². The third-order valence-corrected chi connectivity index (χ3v) is 2.44. The number of benzene rings is 1. The average molecular weight is 245 g/mol. The van der Waals surface area contributed by atoms with Gasteiger partial charge in [0.1, 0.15) is 5.82 Å². The molecule has 1 aromatic carbocycles. The van der Waals surface area contributed by atoms with Gasteiger partial charge in [-0.2, -0.15) is 5.26 Å². The lowest BCUT2D eigenvalue weighted by Crippen LogP contribution is -1.97. The standard InChI is InChI=1S/C12H9ClN4/c1-8-2-3-9(7-14)6-10(8)16-11-4-5-15-12(13)17-11/h2-6H,1H3,(H,15,16,17). The minimum absolute atomic E-state index is 0.184. The summed E-state index contributed by atoms with van der Waals surface area (Å²) in [5.74, 6) is 0.600. The molecule has 84 valence electrons. The molecular weight excluding hydrogens is 236 g/mol. The van der Waals surface area contributed by atoms with Gasteiger partial charge in [-0.3, -0.25) is 0 Å². The normalized spacial score (nSPS) is 9.71. The van der Waals surface area contributed by atoms with Gasteiger partial charge in [0.15, 0.2) is 0 Å². The van der Waals surface area contributed by atoms with E-state index in [0.29, 0.717) is 11.4 Å². The van der Waals surface area contributed by atoms with Gasteiger partial charge in [0.25, 0.3) is 0 Å². The zero-order valence-electron chi connectivity index (χ0n) is 9.11. The lowest BCUT2D eigenvalue weighted by molar-refractivity contribution is 1.16. The van der Waals surface area contributed by atoms with E-state index in [2.05, 4.69) is 21.4 Å². The average Bonchev–Trinajstić information content (AvgIpc) is 2.32. The highest BCUT2D eigenvalue weighted by Gasteiger charge is 2.02. The third-order valence-electron chi connectivity index (χ3n) is 2.26. The highest BCUT2D eigenvalue weighted by Crippen LogP contribution is 2.20. The summed E-state index contributed by atoms with van der Waals surface area (Å²) >= 11 is 5.69. The van der Waals surface area contributed by atoms with Crippen molar-refractivity contribution in [2.75, 3.05) is 5.32 Å². The first-order chi connectivity index (χ1) is 8.19. The molecule has 0 bridgehead atoms. The van der Waals surface area contributed by atoms with E-state index >= 15 is 0 Å². The first-order valence-electron chi connectivity index (χ1n) is 4.95. The molecule has 0 unspecified atom stereocenters. The van der Waals surface area contributed by atoms with Crippen molar-refractivity contribution in [3.63, 3.8) is 0 Å². The molecule has 4 nitrogen and oxygen atoms in total. The Morgan fingerprint density at radius 3 is 2.88 bits per heavy atom. The summed E-state index contributed by atoms with van der Waals surface area (Å²) in [6, 6.07) is 9.22. The molecule has 17 heavy (non-hydrogen) atoms. The number of halogens is 1. The molecule has 0 amide bonds. The van der Waals surface area contributed by atoms with E-state index in [1.165, 1.54) is 0 Å². The summed E-state index contributed by atoms with van der Waals surface area (Å²) in [5.41, 5.74) is 2.45. The van der Waals surface area contributed by atoms with Crippen LogP contribution < -0.4 is 5.32 Å². The van der Waals surface area contributed by atoms with Crippen molar-refractivity contribution in [3.05, 3.63) is 46.9 Å². The van der Waals surface area contributed by atoms with Crippen LogP contribution in [0.4, 0.5) is 11.5 Å². The van der Waals surface area contributed by atoms with Crippen molar-refractivity contribution in [1.29, 1.82) is 5.26 Å². The fourth-order valence-electron chi connectivity index (χ4n) is 1.37. The molecule has 0 radical (unpaired) electrons. The first kappa shape index (κ1) is 11.4. The van der Waals surface area contributed by atoms with E-state index in [4.69, 9.17) is 16.9 Å². The second kappa shape index (κ2) is 4.81. The largest absolute Gasteiger partial charge is 0.340 e. The number of aromatic nitrogens is 2. The Labute approximate surface area is 104 Å². The molecule has 5 heteroatoms. The van der Waals surface area contributed by atoms with Crippen molar-refractivity contribution in [2.45, 2.75) is 6.92 Å². The summed E-state index contributed by atoms with van der Waals surface area (Å²) in [6.45, 7) is 1.95. The Bertz CT molecular complexity index is 589. The smallest absolute Gasteiger partial charge is 0.224 e. The van der Waals surface area contributed by atoms with Gasteiger partial charge in [-0.1, -0.05) is 6.07 Å². The minimum atomic E-state index is 0.184. The Morgan fingerprint density at radius 1 is 1.35 bits per heavy atom. The molecular formula is C12H9ClN4. The molecule has 0 fully saturated rings. The van der Waals surface area contributed by atoms with E-state index in [-0.39, 0.29) is 5.28 Å². The number of hydrogen-bond acceptors (Lipinski definition) is 4. The van der Waals surface area contributed by atoms with Crippen LogP contribution in [0.5, 0.6) is 0 Å². The van der Waals surface area contributed by atoms with Gasteiger partial charge in [0.2, 0.25) is 5.28 Å². The number of aryl methyl sites for hydroxylation is 1. The molecule has 2 rings (SSSR count). The molecule has 0 saturated heterocycles. The van der Waals surface area contributed by atoms with Crippen LogP contribution >= 0.6 is 11.6 Å². The molecule has 1 N–H and O–H groups in total. The van der Waals surface area contributed by atoms with Crippen LogP contribution in [0.3, 0.4) is 0 Å². The molecule has 0 aliphatic heterocycles. The Hall–Kier alpha value is -2.12. The first-order valence-corrected chi connectivity index (χ1v) is 5.33. The Balaban J connectivity index is 2.33. The fourth-order valence-corrected chi connectivity index (χ4v) is 1.52. The number of nitrogens with zero attached hydrogens (tertiary/aromatic N) is 3. The zero-order valence-corrected chi connectivity index (χ0v) is 9.86. The summed E-state index contributed by atoms with van der Waals surface area (Å²) < 4.78 is 0. The monoisotopic (exact) mass is 244 g/mol. The molecule has 0 atom stereocenters. The van der Waals surface area contributed by atoms with Crippen LogP contribution in [0.1, 0.15) is 11.1 Å². The van der Waals surface area contributed by atoms with E-state index in [1.807, 2.05) is 13.0 Å². The van der Waals surface area contributed by atoms with Crippen LogP contribution in [0, 0.1) is 18.3 Å². The number of hydrogen-bond donors (Lipinski definition) is 1. The van der Waals surface area contributed by atoms with Crippen molar-refractivity contribution < 1.29 is 0 Å². The predicted octanol–water partition coefficient (Wildman–Crippen LogP) is 3.05. The third kappa shape index (κ3) is 2.71. The summed E-state index contributed by atoms with van der Waals surface area (Å²) in [6.07, 6.45) is 1.57. The van der Waals surface area contributed by atoms with Gasteiger partial charge in [-0.15, -0.1) is 0 Å². The van der Waals surface area contributed by atoms with Gasteiger partial charge in [0, 0.05) is 11.9 Å². The van der Waals surface area contributed by atoms with Crippen LogP contribution in [0.25, 0.3) is 0 Å². The minimum Gasteiger partial charge on any atom is -0.340 e. The zero-order chi connectivity index (χ0) is 12.3. The second-order valence-electron chi connectivity index (χ2n) is 3.48. The molecule has 0 saturated carbocycles. The lowest BCUT2D eigenvalue weighted by Gasteiger charge is -2.08. The second-order valence-corrected chi connectivity index (χ2v) is 3.82. The van der Waals surface area contributed by atoms with Gasteiger partial charge in [0.05, 0.1) is 11.6 Å². The number of anilines is 2. The number of nitrogens with one attached hydrogen (secondary N) is 1. The van der Waals surface area contributed by atoms with Gasteiger partial charge in [-0.25, -0.2) is 9.97 Å². The highest BCUT2D eigenvalue weighted by molar-refractivity contribution is 6.28. The van der Waals surface area contributed by atoms with Crippen LogP contribution in [-0.2, 0) is 0 Å². The SMILES string of the molecule is Cc1ccc(C#N)cc1Nc1ccnc(Cl)n1. The van der Waals surface area contributed by atoms with Crippen molar-refractivity contribution >= 4 is 23.1 Å². The Kier molecular flexibility index (Phi) is 3.22. The van der Waals surface area contributed by atoms with Crippen LogP contribution in [0.15, 0.2) is 30.5 Å². The Morgan fingerprint density at radius 2 is 2.18 bits per heavy atom. The van der Waals surface area contributed by atoms with Crippen molar-refractivity contribution in [1.82, 2.24) is 9.97 Å². The van der Waals surface area contributed by atoms with E-state index in [9.17, 15) is 0 Å². The van der Waals surface area contributed by atoms with E-state index in [1.54, 1.807) is 24.4 Å². The summed E-state index contributed by atoms with van der Waals surface area (Å²) in [5, 5.41) is 12.1. The molecule has 1 aromatic heterocycles. The quantitative estimate of drug-likeness (QED) is 0.825. The lowest BCUT2D eigenvalue weighted by atomic mass is 10.1. The van der Waals surface area contributed by atoms with Crippen molar-refractivity contribution in [3.8, 4) is 6.07 Å². The van der Waals surface area contributed by atoms with E-state index in [0.717, 1.165) is 11.3 Å². The predicted molar refractivity (Wildman–Crippen MR) is 66.2 cm³/mol. The van der Waals surface area contributed by atoms with Gasteiger partial charge < -0.3 is 5.32 Å². The van der Waals surface area contributed by atoms with Crippen LogP contribution in [0.2, 0.25) is 5.28 Å².